The molecule has 11 heteroatoms. The third kappa shape index (κ3) is 2.39. The molecule has 0 saturated carbocycles. The minimum Gasteiger partial charge on any atom is -0.394 e. The number of H-pyrrole nitrogens is 1. The monoisotopic (exact) mass is 325 g/mol. The SMILES string of the molecule is CNc1nc(=O)c2ncn([C@@H]3O[C@H](CO)[C@H](O)[C@H]3O)c2c(=O)[nH]1. The van der Waals surface area contributed by atoms with Crippen molar-refractivity contribution in [2.45, 2.75) is 24.5 Å². The van der Waals surface area contributed by atoms with Gasteiger partial charge in [0.05, 0.1) is 12.9 Å². The van der Waals surface area contributed by atoms with Crippen molar-refractivity contribution in [3.05, 3.63) is 27.0 Å². The van der Waals surface area contributed by atoms with Crippen LogP contribution in [0.3, 0.4) is 0 Å². The van der Waals surface area contributed by atoms with Crippen molar-refractivity contribution in [3.8, 4) is 0 Å². The number of nitrogens with one attached hydrogen (secondary N) is 2. The fourth-order valence-electron chi connectivity index (χ4n) is 2.51. The van der Waals surface area contributed by atoms with Gasteiger partial charge in [0.25, 0.3) is 5.56 Å². The Labute approximate surface area is 128 Å². The summed E-state index contributed by atoms with van der Waals surface area (Å²) in [6.45, 7) is -0.510. The van der Waals surface area contributed by atoms with Gasteiger partial charge in [-0.2, -0.15) is 4.98 Å². The van der Waals surface area contributed by atoms with Gasteiger partial charge in [-0.3, -0.25) is 19.1 Å². The maximum Gasteiger partial charge on any atom is 0.301 e. The molecule has 23 heavy (non-hydrogen) atoms. The molecule has 11 nitrogen and oxygen atoms in total. The number of ether oxygens (including phenoxy) is 1. The molecule has 0 spiro atoms. The summed E-state index contributed by atoms with van der Waals surface area (Å²) in [5, 5.41) is 31.6. The van der Waals surface area contributed by atoms with Crippen molar-refractivity contribution < 1.29 is 20.1 Å². The summed E-state index contributed by atoms with van der Waals surface area (Å²) >= 11 is 0. The van der Waals surface area contributed by atoms with E-state index in [0.29, 0.717) is 0 Å². The molecule has 3 rings (SSSR count). The zero-order chi connectivity index (χ0) is 16.7. The maximum absolute atomic E-state index is 12.3. The van der Waals surface area contributed by atoms with Crippen LogP contribution in [-0.2, 0) is 4.74 Å². The van der Waals surface area contributed by atoms with Gasteiger partial charge in [-0.25, -0.2) is 4.98 Å². The Bertz CT molecular complexity index is 848. The largest absolute Gasteiger partial charge is 0.394 e. The Hall–Kier alpha value is -2.34. The summed E-state index contributed by atoms with van der Waals surface area (Å²) in [5.41, 5.74) is -1.77. The fourth-order valence-corrected chi connectivity index (χ4v) is 2.51. The van der Waals surface area contributed by atoms with Crippen LogP contribution in [0.2, 0.25) is 0 Å². The highest BCUT2D eigenvalue weighted by Gasteiger charge is 2.44. The minimum absolute atomic E-state index is 0.0364. The normalized spacial score (nSPS) is 27.5. The predicted molar refractivity (Wildman–Crippen MR) is 77.0 cm³/mol. The highest BCUT2D eigenvalue weighted by atomic mass is 16.6. The summed E-state index contributed by atoms with van der Waals surface area (Å²) in [5.74, 6) is -0.0364. The number of hydrogen-bond donors (Lipinski definition) is 5. The van der Waals surface area contributed by atoms with Gasteiger partial charge in [0.1, 0.15) is 23.8 Å². The zero-order valence-corrected chi connectivity index (χ0v) is 12.0. The first kappa shape index (κ1) is 15.6. The second-order valence-electron chi connectivity index (χ2n) is 5.05. The summed E-state index contributed by atoms with van der Waals surface area (Å²) in [6.07, 6.45) is -3.78. The summed E-state index contributed by atoms with van der Waals surface area (Å²) in [6, 6.07) is 0. The van der Waals surface area contributed by atoms with Crippen LogP contribution < -0.4 is 16.4 Å². The first-order valence-electron chi connectivity index (χ1n) is 6.79. The number of fused-ring (bicyclic) bond motifs is 1. The van der Waals surface area contributed by atoms with E-state index in [1.807, 2.05) is 0 Å². The molecule has 5 N–H and O–H groups in total. The van der Waals surface area contributed by atoms with Crippen LogP contribution in [0.4, 0.5) is 5.95 Å². The van der Waals surface area contributed by atoms with Gasteiger partial charge in [-0.05, 0) is 0 Å². The first-order valence-corrected chi connectivity index (χ1v) is 6.79. The zero-order valence-electron chi connectivity index (χ0n) is 12.0. The molecule has 2 aromatic rings. The molecule has 1 aliphatic heterocycles. The van der Waals surface area contributed by atoms with Gasteiger partial charge < -0.3 is 25.4 Å². The number of hydrogen-bond acceptors (Lipinski definition) is 9. The Morgan fingerprint density at radius 1 is 1.39 bits per heavy atom. The second-order valence-corrected chi connectivity index (χ2v) is 5.05. The summed E-state index contributed by atoms with van der Waals surface area (Å²) < 4.78 is 6.49. The van der Waals surface area contributed by atoms with Crippen LogP contribution in [0.1, 0.15) is 6.23 Å². The van der Waals surface area contributed by atoms with E-state index >= 15 is 0 Å². The smallest absolute Gasteiger partial charge is 0.301 e. The predicted octanol–water partition coefficient (Wildman–Crippen LogP) is -2.87. The highest BCUT2D eigenvalue weighted by Crippen LogP contribution is 2.30. The number of aliphatic hydroxyl groups is 3. The molecule has 124 valence electrons. The van der Waals surface area contributed by atoms with Crippen molar-refractivity contribution in [2.24, 2.45) is 0 Å². The van der Waals surface area contributed by atoms with Crippen LogP contribution in [0, 0.1) is 0 Å². The van der Waals surface area contributed by atoms with Gasteiger partial charge in [-0.1, -0.05) is 0 Å². The minimum atomic E-state index is -1.40. The molecular weight excluding hydrogens is 310 g/mol. The lowest BCUT2D eigenvalue weighted by molar-refractivity contribution is -0.0509. The van der Waals surface area contributed by atoms with Crippen LogP contribution in [0.15, 0.2) is 15.9 Å². The molecule has 0 amide bonds. The molecule has 0 aromatic carbocycles. The highest BCUT2D eigenvalue weighted by molar-refractivity contribution is 5.73. The Morgan fingerprint density at radius 3 is 2.74 bits per heavy atom. The van der Waals surface area contributed by atoms with Crippen LogP contribution >= 0.6 is 0 Å². The van der Waals surface area contributed by atoms with E-state index in [1.165, 1.54) is 7.05 Å². The van der Waals surface area contributed by atoms with Gasteiger partial charge >= 0.3 is 5.56 Å². The molecule has 2 aromatic heterocycles. The van der Waals surface area contributed by atoms with E-state index in [9.17, 15) is 19.8 Å². The van der Waals surface area contributed by atoms with E-state index in [4.69, 9.17) is 9.84 Å². The lowest BCUT2D eigenvalue weighted by Crippen LogP contribution is -2.33. The Morgan fingerprint density at radius 2 is 2.13 bits per heavy atom. The number of aliphatic hydroxyl groups excluding tert-OH is 3. The van der Waals surface area contributed by atoms with E-state index in [-0.39, 0.29) is 17.0 Å². The fraction of sp³-hybridized carbons (Fsp3) is 0.500. The Kier molecular flexibility index (Phi) is 3.85. The molecule has 4 atom stereocenters. The number of aromatic amines is 1. The van der Waals surface area contributed by atoms with Gasteiger partial charge in [0.2, 0.25) is 5.95 Å². The van der Waals surface area contributed by atoms with Crippen molar-refractivity contribution in [1.82, 2.24) is 19.5 Å². The van der Waals surface area contributed by atoms with E-state index < -0.39 is 42.3 Å². The van der Waals surface area contributed by atoms with Crippen LogP contribution in [0.5, 0.6) is 0 Å². The number of imidazole rings is 1. The molecule has 0 aliphatic carbocycles. The van der Waals surface area contributed by atoms with Crippen LogP contribution in [-0.4, -0.2) is 66.8 Å². The van der Waals surface area contributed by atoms with Crippen molar-refractivity contribution in [3.63, 3.8) is 0 Å². The van der Waals surface area contributed by atoms with Gasteiger partial charge in [-0.15, -0.1) is 0 Å². The lowest BCUT2D eigenvalue weighted by Gasteiger charge is -2.16. The third-order valence-corrected chi connectivity index (χ3v) is 3.68. The van der Waals surface area contributed by atoms with E-state index in [0.717, 1.165) is 10.9 Å². The Balaban J connectivity index is 2.21. The van der Waals surface area contributed by atoms with Crippen molar-refractivity contribution in [1.29, 1.82) is 0 Å². The van der Waals surface area contributed by atoms with E-state index in [1.54, 1.807) is 0 Å². The van der Waals surface area contributed by atoms with Crippen LogP contribution in [0.25, 0.3) is 11.0 Å². The average molecular weight is 325 g/mol. The standard InChI is InChI=1S/C12H15N5O6/c1-13-12-15-9(21)5-6(10(22)16-12)17(3-14-5)11-8(20)7(19)4(2-18)23-11/h3-4,7-8,11,18-20H,2H2,1H3,(H2,13,15,16,21,22)/t4-,7+,8-,11-/m1/s1. The number of aromatic nitrogens is 4. The number of rotatable bonds is 3. The van der Waals surface area contributed by atoms with Crippen molar-refractivity contribution >= 4 is 17.0 Å². The molecule has 0 radical (unpaired) electrons. The quantitative estimate of drug-likeness (QED) is 0.399. The molecule has 1 fully saturated rings. The number of nitrogens with zero attached hydrogens (tertiary/aromatic N) is 3. The topological polar surface area (TPSA) is 163 Å². The molecule has 0 unspecified atom stereocenters. The summed E-state index contributed by atoms with van der Waals surface area (Å²) in [7, 11) is 1.48. The molecule has 1 aliphatic rings. The second kappa shape index (κ2) is 5.70. The molecule has 3 heterocycles. The molecule has 1 saturated heterocycles. The third-order valence-electron chi connectivity index (χ3n) is 3.68. The van der Waals surface area contributed by atoms with E-state index in [2.05, 4.69) is 20.3 Å². The summed E-state index contributed by atoms with van der Waals surface area (Å²) in [4.78, 5) is 34.2. The maximum atomic E-state index is 12.3. The number of anilines is 1. The molecular formula is C12H15N5O6. The lowest BCUT2D eigenvalue weighted by atomic mass is 10.1. The molecule has 0 bridgehead atoms. The van der Waals surface area contributed by atoms with Gasteiger partial charge in [0, 0.05) is 7.05 Å². The first-order chi connectivity index (χ1) is 11.0. The average Bonchev–Trinajstić information content (AvgIpc) is 3.05. The van der Waals surface area contributed by atoms with Crippen molar-refractivity contribution in [2.75, 3.05) is 19.0 Å². The van der Waals surface area contributed by atoms with Gasteiger partial charge in [0.15, 0.2) is 11.7 Å².